The van der Waals surface area contributed by atoms with E-state index in [2.05, 4.69) is 31.3 Å². The monoisotopic (exact) mass is 347 g/mol. The Morgan fingerprint density at radius 1 is 0.769 bits per heavy atom. The Hall–Kier alpha value is -2.94. The van der Waals surface area contributed by atoms with Crippen molar-refractivity contribution in [1.29, 1.82) is 0 Å². The first-order chi connectivity index (χ1) is 12.7. The van der Waals surface area contributed by atoms with Gasteiger partial charge in [0, 0.05) is 5.69 Å². The number of nitrogens with one attached hydrogen (secondary N) is 1. The van der Waals surface area contributed by atoms with Crippen LogP contribution in [0.5, 0.6) is 17.2 Å². The van der Waals surface area contributed by atoms with Crippen LogP contribution in [0, 0.1) is 6.92 Å². The van der Waals surface area contributed by atoms with Gasteiger partial charge in [-0.2, -0.15) is 0 Å². The van der Waals surface area contributed by atoms with Gasteiger partial charge in [-0.05, 0) is 61.9 Å². The lowest BCUT2D eigenvalue weighted by Gasteiger charge is -2.19. The van der Waals surface area contributed by atoms with E-state index < -0.39 is 0 Å². The van der Waals surface area contributed by atoms with Gasteiger partial charge in [-0.1, -0.05) is 42.8 Å². The average molecular weight is 347 g/mol. The topological polar surface area (TPSA) is 30.5 Å². The lowest BCUT2D eigenvalue weighted by atomic mass is 10.2. The highest BCUT2D eigenvalue weighted by atomic mass is 16.5. The molecule has 3 aromatic carbocycles. The van der Waals surface area contributed by atoms with Crippen LogP contribution in [-0.4, -0.2) is 12.6 Å². The Morgan fingerprint density at radius 2 is 1.38 bits per heavy atom. The maximum atomic E-state index is 6.06. The summed E-state index contributed by atoms with van der Waals surface area (Å²) in [4.78, 5) is 0. The van der Waals surface area contributed by atoms with E-state index in [4.69, 9.17) is 9.47 Å². The average Bonchev–Trinajstić information content (AvgIpc) is 2.68. The predicted molar refractivity (Wildman–Crippen MR) is 107 cm³/mol. The number of benzene rings is 3. The minimum Gasteiger partial charge on any atom is -0.489 e. The van der Waals surface area contributed by atoms with Crippen molar-refractivity contribution in [2.24, 2.45) is 0 Å². The molecule has 0 saturated heterocycles. The van der Waals surface area contributed by atoms with E-state index in [0.717, 1.165) is 35.9 Å². The van der Waals surface area contributed by atoms with Gasteiger partial charge in [0.15, 0.2) is 0 Å². The summed E-state index contributed by atoms with van der Waals surface area (Å²) >= 11 is 0. The summed E-state index contributed by atoms with van der Waals surface area (Å²) < 4.78 is 11.9. The highest BCUT2D eigenvalue weighted by Crippen LogP contribution is 2.23. The van der Waals surface area contributed by atoms with E-state index in [0.29, 0.717) is 0 Å². The third-order valence-electron chi connectivity index (χ3n) is 4.15. The van der Waals surface area contributed by atoms with Crippen molar-refractivity contribution in [3.05, 3.63) is 84.4 Å². The minimum absolute atomic E-state index is 0.123. The molecule has 3 heteroatoms. The third kappa shape index (κ3) is 5.28. The van der Waals surface area contributed by atoms with E-state index in [1.165, 1.54) is 5.56 Å². The molecule has 1 atom stereocenters. The number of ether oxygens (including phenoxy) is 2. The van der Waals surface area contributed by atoms with Crippen LogP contribution in [0.2, 0.25) is 0 Å². The van der Waals surface area contributed by atoms with Crippen molar-refractivity contribution in [3.8, 4) is 17.2 Å². The molecule has 0 radical (unpaired) electrons. The number of hydrogen-bond donors (Lipinski definition) is 1. The first-order valence-electron chi connectivity index (χ1n) is 9.03. The van der Waals surface area contributed by atoms with E-state index in [-0.39, 0.29) is 6.10 Å². The summed E-state index contributed by atoms with van der Waals surface area (Å²) in [6.07, 6.45) is 1.06. The Bertz CT molecular complexity index is 783. The molecular weight excluding hydrogens is 322 g/mol. The van der Waals surface area contributed by atoms with Crippen LogP contribution in [0.3, 0.4) is 0 Å². The van der Waals surface area contributed by atoms with E-state index in [9.17, 15) is 0 Å². The SMILES string of the molecule is CCC(CNc1ccc(Oc2ccccc2)cc1)Oc1ccc(C)cc1. The molecule has 3 aromatic rings. The van der Waals surface area contributed by atoms with Gasteiger partial charge in [-0.3, -0.25) is 0 Å². The van der Waals surface area contributed by atoms with Gasteiger partial charge in [0.25, 0.3) is 0 Å². The quantitative estimate of drug-likeness (QED) is 0.537. The van der Waals surface area contributed by atoms with Crippen molar-refractivity contribution in [1.82, 2.24) is 0 Å². The van der Waals surface area contributed by atoms with E-state index in [1.54, 1.807) is 0 Å². The smallest absolute Gasteiger partial charge is 0.127 e. The third-order valence-corrected chi connectivity index (χ3v) is 4.15. The molecule has 134 valence electrons. The zero-order valence-electron chi connectivity index (χ0n) is 15.3. The Balaban J connectivity index is 1.52. The second kappa shape index (κ2) is 8.95. The molecule has 0 saturated carbocycles. The number of anilines is 1. The van der Waals surface area contributed by atoms with Crippen LogP contribution >= 0.6 is 0 Å². The van der Waals surface area contributed by atoms with Crippen LogP contribution < -0.4 is 14.8 Å². The maximum absolute atomic E-state index is 6.06. The Labute approximate surface area is 155 Å². The second-order valence-electron chi connectivity index (χ2n) is 6.28. The molecule has 0 spiro atoms. The number of para-hydroxylation sites is 1. The van der Waals surface area contributed by atoms with Gasteiger partial charge in [-0.15, -0.1) is 0 Å². The van der Waals surface area contributed by atoms with Crippen molar-refractivity contribution < 1.29 is 9.47 Å². The summed E-state index contributed by atoms with van der Waals surface area (Å²) in [5.41, 5.74) is 2.29. The molecule has 0 bridgehead atoms. The summed E-state index contributed by atoms with van der Waals surface area (Å²) in [7, 11) is 0. The lowest BCUT2D eigenvalue weighted by molar-refractivity contribution is 0.210. The van der Waals surface area contributed by atoms with Crippen molar-refractivity contribution in [3.63, 3.8) is 0 Å². The van der Waals surface area contributed by atoms with Gasteiger partial charge in [-0.25, -0.2) is 0 Å². The van der Waals surface area contributed by atoms with Gasteiger partial charge in [0.1, 0.15) is 23.4 Å². The normalized spacial score (nSPS) is 11.6. The molecule has 3 nitrogen and oxygen atoms in total. The van der Waals surface area contributed by atoms with Crippen LogP contribution in [0.15, 0.2) is 78.9 Å². The molecular formula is C23H25NO2. The molecule has 0 aliphatic heterocycles. The minimum atomic E-state index is 0.123. The summed E-state index contributed by atoms with van der Waals surface area (Å²) in [6.45, 7) is 4.97. The molecule has 0 heterocycles. The number of aryl methyl sites for hydroxylation is 1. The van der Waals surface area contributed by atoms with Crippen molar-refractivity contribution in [2.75, 3.05) is 11.9 Å². The Morgan fingerprint density at radius 3 is 2.04 bits per heavy atom. The first kappa shape index (κ1) is 17.9. The first-order valence-corrected chi connectivity index (χ1v) is 9.03. The maximum Gasteiger partial charge on any atom is 0.127 e. The molecule has 0 aliphatic rings. The number of hydrogen-bond acceptors (Lipinski definition) is 3. The largest absolute Gasteiger partial charge is 0.489 e. The van der Waals surface area contributed by atoms with E-state index in [1.807, 2.05) is 66.7 Å². The van der Waals surface area contributed by atoms with Crippen molar-refractivity contribution >= 4 is 5.69 Å². The van der Waals surface area contributed by atoms with Crippen LogP contribution in [0.25, 0.3) is 0 Å². The summed E-state index contributed by atoms with van der Waals surface area (Å²) in [6, 6.07) is 26.0. The van der Waals surface area contributed by atoms with Gasteiger partial charge < -0.3 is 14.8 Å². The molecule has 0 aromatic heterocycles. The summed E-state index contributed by atoms with van der Waals surface area (Å²) in [5, 5.41) is 3.44. The van der Waals surface area contributed by atoms with Crippen LogP contribution in [0.1, 0.15) is 18.9 Å². The highest BCUT2D eigenvalue weighted by Gasteiger charge is 2.08. The van der Waals surface area contributed by atoms with Crippen LogP contribution in [0.4, 0.5) is 5.69 Å². The van der Waals surface area contributed by atoms with E-state index >= 15 is 0 Å². The molecule has 0 aliphatic carbocycles. The fourth-order valence-corrected chi connectivity index (χ4v) is 2.58. The Kier molecular flexibility index (Phi) is 6.15. The van der Waals surface area contributed by atoms with Crippen molar-refractivity contribution in [2.45, 2.75) is 26.4 Å². The van der Waals surface area contributed by atoms with Gasteiger partial charge in [0.2, 0.25) is 0 Å². The molecule has 1 N–H and O–H groups in total. The fourth-order valence-electron chi connectivity index (χ4n) is 2.58. The predicted octanol–water partition coefficient (Wildman–Crippen LogP) is 6.06. The zero-order chi connectivity index (χ0) is 18.2. The highest BCUT2D eigenvalue weighted by molar-refractivity contribution is 5.47. The second-order valence-corrected chi connectivity index (χ2v) is 6.28. The lowest BCUT2D eigenvalue weighted by Crippen LogP contribution is -2.25. The molecule has 1 unspecified atom stereocenters. The summed E-state index contributed by atoms with van der Waals surface area (Å²) in [5.74, 6) is 2.58. The van der Waals surface area contributed by atoms with Gasteiger partial charge >= 0.3 is 0 Å². The fraction of sp³-hybridized carbons (Fsp3) is 0.217. The number of rotatable bonds is 8. The van der Waals surface area contributed by atoms with Gasteiger partial charge in [0.05, 0.1) is 6.54 Å². The standard InChI is InChI=1S/C23H25NO2/c1-3-20(25-22-13-9-18(2)10-14-22)17-24-19-11-15-23(16-12-19)26-21-7-5-4-6-8-21/h4-16,20,24H,3,17H2,1-2H3. The zero-order valence-corrected chi connectivity index (χ0v) is 15.3. The molecule has 0 fully saturated rings. The molecule has 0 amide bonds. The molecule has 3 rings (SSSR count). The van der Waals surface area contributed by atoms with Crippen LogP contribution in [-0.2, 0) is 0 Å². The molecule has 26 heavy (non-hydrogen) atoms.